The Morgan fingerprint density at radius 2 is 1.95 bits per heavy atom. The van der Waals surface area contributed by atoms with Crippen LogP contribution in [0.1, 0.15) is 69.5 Å². The lowest BCUT2D eigenvalue weighted by molar-refractivity contribution is -0.163. The third-order valence-electron chi connectivity index (χ3n) is 8.84. The number of aromatic nitrogens is 2. The van der Waals surface area contributed by atoms with Crippen molar-refractivity contribution in [3.05, 3.63) is 48.0 Å². The number of carbonyl (C=O) groups is 3. The second-order valence-electron chi connectivity index (χ2n) is 11.2. The summed E-state index contributed by atoms with van der Waals surface area (Å²) in [5.41, 5.74) is 1.01. The molecule has 4 N–H and O–H groups in total. The van der Waals surface area contributed by atoms with Crippen molar-refractivity contribution in [3.8, 4) is 5.75 Å². The maximum Gasteiger partial charge on any atom is 0.315 e. The van der Waals surface area contributed by atoms with Crippen LogP contribution in [-0.4, -0.2) is 70.2 Å². The van der Waals surface area contributed by atoms with Crippen LogP contribution in [0.2, 0.25) is 0 Å². The minimum Gasteiger partial charge on any atom is -0.497 e. The number of urea groups is 1. The maximum atomic E-state index is 14.0. The van der Waals surface area contributed by atoms with E-state index in [0.717, 1.165) is 43.4 Å². The summed E-state index contributed by atoms with van der Waals surface area (Å²) in [5, 5.41) is 16.2. The van der Waals surface area contributed by atoms with Gasteiger partial charge in [0.1, 0.15) is 11.8 Å². The molecule has 2 fully saturated rings. The Hall–Kier alpha value is -3.56. The van der Waals surface area contributed by atoms with Crippen LogP contribution in [0.4, 0.5) is 4.79 Å². The number of likely N-dealkylation sites (tertiary alicyclic amines) is 1. The van der Waals surface area contributed by atoms with Gasteiger partial charge in [0.15, 0.2) is 0 Å². The molecule has 1 aromatic heterocycles. The highest BCUT2D eigenvalue weighted by Gasteiger charge is 2.51. The molecule has 3 amide bonds. The van der Waals surface area contributed by atoms with Crippen molar-refractivity contribution < 1.29 is 24.2 Å². The standard InChI is InChI=1S/C30H43N5O5/c1-3-24-18-30(28(37)38,22-7-5-4-6-8-22)14-16-35(24)27(36)26(17-21-9-11-25(40-2)12-10-21)34-29(39)32-15-13-23-19-31-20-33-23/h9-12,19-20,22,24,26H,3-8,13-18H2,1-2H3,(H,31,33)(H,37,38)(H2,32,34,39)/t24?,26-,30?/m1/s1. The average molecular weight is 554 g/mol. The zero-order valence-corrected chi connectivity index (χ0v) is 23.7. The van der Waals surface area contributed by atoms with Crippen molar-refractivity contribution in [1.29, 1.82) is 0 Å². The summed E-state index contributed by atoms with van der Waals surface area (Å²) < 4.78 is 5.26. The van der Waals surface area contributed by atoms with Gasteiger partial charge in [0, 0.05) is 43.9 Å². The predicted octanol–water partition coefficient (Wildman–Crippen LogP) is 3.92. The molecule has 1 aliphatic carbocycles. The van der Waals surface area contributed by atoms with Crippen LogP contribution in [0.15, 0.2) is 36.8 Å². The molecule has 2 unspecified atom stereocenters. The Kier molecular flexibility index (Phi) is 10.1. The number of piperidine rings is 1. The molecular formula is C30H43N5O5. The first kappa shape index (κ1) is 29.4. The van der Waals surface area contributed by atoms with E-state index >= 15 is 0 Å². The maximum absolute atomic E-state index is 14.0. The first-order valence-corrected chi connectivity index (χ1v) is 14.5. The molecule has 1 saturated heterocycles. The number of nitrogens with one attached hydrogen (secondary N) is 3. The fraction of sp³-hybridized carbons (Fsp3) is 0.600. The van der Waals surface area contributed by atoms with Crippen LogP contribution in [0.25, 0.3) is 0 Å². The molecular weight excluding hydrogens is 510 g/mol. The number of carboxylic acid groups (broad SMARTS) is 1. The van der Waals surface area contributed by atoms with E-state index in [4.69, 9.17) is 4.74 Å². The van der Waals surface area contributed by atoms with Crippen molar-refractivity contribution in [3.63, 3.8) is 0 Å². The molecule has 40 heavy (non-hydrogen) atoms. The largest absolute Gasteiger partial charge is 0.497 e. The number of H-pyrrole nitrogens is 1. The van der Waals surface area contributed by atoms with Crippen LogP contribution in [0, 0.1) is 11.3 Å². The highest BCUT2D eigenvalue weighted by atomic mass is 16.5. The van der Waals surface area contributed by atoms with Gasteiger partial charge in [0.2, 0.25) is 5.91 Å². The Labute approximate surface area is 236 Å². The molecule has 0 spiro atoms. The van der Waals surface area contributed by atoms with Crippen LogP contribution in [0.3, 0.4) is 0 Å². The van der Waals surface area contributed by atoms with E-state index in [1.807, 2.05) is 36.1 Å². The smallest absolute Gasteiger partial charge is 0.315 e. The van der Waals surface area contributed by atoms with E-state index in [9.17, 15) is 19.5 Å². The zero-order valence-electron chi connectivity index (χ0n) is 23.7. The number of imidazole rings is 1. The summed E-state index contributed by atoms with van der Waals surface area (Å²) in [4.78, 5) is 48.4. The predicted molar refractivity (Wildman–Crippen MR) is 151 cm³/mol. The fourth-order valence-corrected chi connectivity index (χ4v) is 6.52. The van der Waals surface area contributed by atoms with Crippen molar-refractivity contribution in [2.24, 2.45) is 11.3 Å². The van der Waals surface area contributed by atoms with Crippen LogP contribution >= 0.6 is 0 Å². The molecule has 4 rings (SSSR count). The number of hydrogen-bond donors (Lipinski definition) is 4. The van der Waals surface area contributed by atoms with Crippen LogP contribution in [0.5, 0.6) is 5.75 Å². The lowest BCUT2D eigenvalue weighted by Crippen LogP contribution is -2.59. The zero-order chi connectivity index (χ0) is 28.5. The number of methoxy groups -OCH3 is 1. The van der Waals surface area contributed by atoms with Gasteiger partial charge in [0.25, 0.3) is 0 Å². The Morgan fingerprint density at radius 1 is 1.20 bits per heavy atom. The summed E-state index contributed by atoms with van der Waals surface area (Å²) in [6.45, 7) is 2.78. The van der Waals surface area contributed by atoms with Crippen LogP contribution in [-0.2, 0) is 22.4 Å². The fourth-order valence-electron chi connectivity index (χ4n) is 6.52. The van der Waals surface area contributed by atoms with E-state index in [1.54, 1.807) is 19.6 Å². The number of aliphatic carboxylic acids is 1. The minimum absolute atomic E-state index is 0.152. The van der Waals surface area contributed by atoms with Gasteiger partial charge in [-0.25, -0.2) is 9.78 Å². The van der Waals surface area contributed by atoms with E-state index < -0.39 is 23.5 Å². The number of ether oxygens (including phenoxy) is 1. The molecule has 1 aromatic carbocycles. The normalized spacial score (nSPS) is 22.4. The van der Waals surface area contributed by atoms with E-state index in [2.05, 4.69) is 20.6 Å². The number of benzene rings is 1. The average Bonchev–Trinajstić information content (AvgIpc) is 3.50. The third-order valence-corrected chi connectivity index (χ3v) is 8.84. The van der Waals surface area contributed by atoms with E-state index in [-0.39, 0.29) is 17.9 Å². The second-order valence-corrected chi connectivity index (χ2v) is 11.2. The molecule has 10 heteroatoms. The van der Waals surface area contributed by atoms with E-state index in [0.29, 0.717) is 50.9 Å². The number of hydrogen-bond acceptors (Lipinski definition) is 5. The number of carboxylic acids is 1. The molecule has 2 aliphatic rings. The summed E-state index contributed by atoms with van der Waals surface area (Å²) in [7, 11) is 1.60. The lowest BCUT2D eigenvalue weighted by Gasteiger charge is -2.49. The molecule has 0 bridgehead atoms. The van der Waals surface area contributed by atoms with Gasteiger partial charge < -0.3 is 30.4 Å². The van der Waals surface area contributed by atoms with E-state index in [1.165, 1.54) is 0 Å². The molecule has 218 valence electrons. The molecule has 1 aliphatic heterocycles. The monoisotopic (exact) mass is 553 g/mol. The molecule has 3 atom stereocenters. The Morgan fingerprint density at radius 3 is 2.58 bits per heavy atom. The van der Waals surface area contributed by atoms with Gasteiger partial charge in [-0.3, -0.25) is 9.59 Å². The third kappa shape index (κ3) is 6.95. The number of carbonyl (C=O) groups excluding carboxylic acids is 2. The highest BCUT2D eigenvalue weighted by molar-refractivity contribution is 5.88. The van der Waals surface area contributed by atoms with Gasteiger partial charge >= 0.3 is 12.0 Å². The highest BCUT2D eigenvalue weighted by Crippen LogP contribution is 2.48. The minimum atomic E-state index is -0.791. The first-order chi connectivity index (χ1) is 19.4. The summed E-state index contributed by atoms with van der Waals surface area (Å²) in [5.74, 6) is -0.0339. The SMILES string of the molecule is CCC1CC(C(=O)O)(C2CCCCC2)CCN1C(=O)[C@@H](Cc1ccc(OC)cc1)NC(=O)NCCc1cnc[nH]1. The molecule has 10 nitrogen and oxygen atoms in total. The summed E-state index contributed by atoms with van der Waals surface area (Å²) >= 11 is 0. The number of amides is 3. The second kappa shape index (κ2) is 13.7. The van der Waals surface area contributed by atoms with Gasteiger partial charge in [0.05, 0.1) is 18.9 Å². The Bertz CT molecular complexity index is 1120. The summed E-state index contributed by atoms with van der Waals surface area (Å²) in [6, 6.07) is 6.06. The van der Waals surface area contributed by atoms with Gasteiger partial charge in [-0.15, -0.1) is 0 Å². The number of nitrogens with zero attached hydrogens (tertiary/aromatic N) is 2. The number of rotatable bonds is 11. The van der Waals surface area contributed by atoms with Crippen LogP contribution < -0.4 is 15.4 Å². The molecule has 2 heterocycles. The van der Waals surface area contributed by atoms with Gasteiger partial charge in [-0.05, 0) is 55.7 Å². The van der Waals surface area contributed by atoms with Crippen molar-refractivity contribution in [2.45, 2.75) is 83.2 Å². The van der Waals surface area contributed by atoms with Crippen molar-refractivity contribution in [1.82, 2.24) is 25.5 Å². The number of aromatic amines is 1. The van der Waals surface area contributed by atoms with Crippen molar-refractivity contribution in [2.75, 3.05) is 20.2 Å². The first-order valence-electron chi connectivity index (χ1n) is 14.5. The molecule has 0 radical (unpaired) electrons. The molecule has 1 saturated carbocycles. The van der Waals surface area contributed by atoms with Gasteiger partial charge in [-0.2, -0.15) is 0 Å². The topological polar surface area (TPSA) is 137 Å². The Balaban J connectivity index is 1.48. The molecule has 2 aromatic rings. The quantitative estimate of drug-likeness (QED) is 0.333. The van der Waals surface area contributed by atoms with Crippen molar-refractivity contribution >= 4 is 17.9 Å². The van der Waals surface area contributed by atoms with Gasteiger partial charge in [-0.1, -0.05) is 38.3 Å². The lowest BCUT2D eigenvalue weighted by atomic mass is 9.62. The summed E-state index contributed by atoms with van der Waals surface area (Å²) in [6.07, 6.45) is 11.0.